The monoisotopic (exact) mass is 258 g/mol. The summed E-state index contributed by atoms with van der Waals surface area (Å²) in [5.74, 6) is -0.152. The van der Waals surface area contributed by atoms with Crippen LogP contribution < -0.4 is 5.32 Å². The number of aryl methyl sites for hydroxylation is 2. The molecule has 0 aliphatic carbocycles. The first-order valence-electron chi connectivity index (χ1n) is 6.26. The predicted molar refractivity (Wildman–Crippen MR) is 72.8 cm³/mol. The number of hydrogen-bond donors (Lipinski definition) is 1. The molecule has 5 heteroatoms. The predicted octanol–water partition coefficient (Wildman–Crippen LogP) is 1.48. The third-order valence-corrected chi connectivity index (χ3v) is 2.78. The lowest BCUT2D eigenvalue weighted by Gasteiger charge is -2.12. The van der Waals surface area contributed by atoms with Gasteiger partial charge in [-0.25, -0.2) is 4.98 Å². The Bertz CT molecular complexity index is 576. The molecule has 19 heavy (non-hydrogen) atoms. The average Bonchev–Trinajstić information content (AvgIpc) is 2.75. The maximum atomic E-state index is 11.9. The Kier molecular flexibility index (Phi) is 3.94. The van der Waals surface area contributed by atoms with E-state index in [9.17, 15) is 4.79 Å². The van der Waals surface area contributed by atoms with Gasteiger partial charge in [0.1, 0.15) is 5.69 Å². The number of aromatic nitrogens is 3. The summed E-state index contributed by atoms with van der Waals surface area (Å²) in [5.41, 5.74) is 2.40. The summed E-state index contributed by atoms with van der Waals surface area (Å²) in [5, 5.41) is 2.92. The van der Waals surface area contributed by atoms with E-state index in [4.69, 9.17) is 0 Å². The first-order chi connectivity index (χ1) is 9.04. The van der Waals surface area contributed by atoms with Crippen LogP contribution in [0.25, 0.3) is 0 Å². The van der Waals surface area contributed by atoms with Gasteiger partial charge in [-0.05, 0) is 26.0 Å². The number of nitrogens with one attached hydrogen (secondary N) is 1. The second-order valence-electron chi connectivity index (χ2n) is 4.77. The maximum absolute atomic E-state index is 11.9. The highest BCUT2D eigenvalue weighted by Gasteiger charge is 2.12. The van der Waals surface area contributed by atoms with E-state index in [1.165, 1.54) is 0 Å². The van der Waals surface area contributed by atoms with Gasteiger partial charge in [0.05, 0.1) is 6.33 Å². The van der Waals surface area contributed by atoms with E-state index < -0.39 is 0 Å². The molecule has 0 bridgehead atoms. The van der Waals surface area contributed by atoms with Gasteiger partial charge in [-0.2, -0.15) is 0 Å². The van der Waals surface area contributed by atoms with Crippen LogP contribution in [0.2, 0.25) is 0 Å². The van der Waals surface area contributed by atoms with Gasteiger partial charge in [-0.3, -0.25) is 9.78 Å². The van der Waals surface area contributed by atoms with E-state index in [-0.39, 0.29) is 11.9 Å². The van der Waals surface area contributed by atoms with E-state index >= 15 is 0 Å². The Labute approximate surface area is 112 Å². The molecule has 1 amide bonds. The van der Waals surface area contributed by atoms with Crippen molar-refractivity contribution in [3.05, 3.63) is 47.8 Å². The van der Waals surface area contributed by atoms with Crippen LogP contribution in [0.5, 0.6) is 0 Å². The van der Waals surface area contributed by atoms with E-state index in [2.05, 4.69) is 15.3 Å². The average molecular weight is 258 g/mol. The molecule has 0 saturated heterocycles. The molecule has 0 unspecified atom stereocenters. The van der Waals surface area contributed by atoms with Crippen LogP contribution in [0.3, 0.4) is 0 Å². The Morgan fingerprint density at radius 1 is 1.47 bits per heavy atom. The summed E-state index contributed by atoms with van der Waals surface area (Å²) in [6.45, 7) is 3.92. The van der Waals surface area contributed by atoms with Crippen LogP contribution >= 0.6 is 0 Å². The van der Waals surface area contributed by atoms with Crippen molar-refractivity contribution < 1.29 is 4.79 Å². The highest BCUT2D eigenvalue weighted by Crippen LogP contribution is 2.03. The molecule has 0 aromatic carbocycles. The number of rotatable bonds is 4. The van der Waals surface area contributed by atoms with Gasteiger partial charge < -0.3 is 9.88 Å². The zero-order valence-corrected chi connectivity index (χ0v) is 11.4. The molecule has 100 valence electrons. The van der Waals surface area contributed by atoms with Gasteiger partial charge >= 0.3 is 0 Å². The lowest BCUT2D eigenvalue weighted by Crippen LogP contribution is -2.34. The minimum atomic E-state index is -0.152. The van der Waals surface area contributed by atoms with Crippen molar-refractivity contribution in [2.24, 2.45) is 7.05 Å². The van der Waals surface area contributed by atoms with Gasteiger partial charge in [-0.15, -0.1) is 0 Å². The second kappa shape index (κ2) is 5.65. The summed E-state index contributed by atoms with van der Waals surface area (Å²) >= 11 is 0. The molecule has 2 aromatic heterocycles. The molecule has 0 aliphatic rings. The SMILES string of the molecule is Cc1cccc(C[C@H](C)NC(=O)c2cn(C)cn2)n1. The summed E-state index contributed by atoms with van der Waals surface area (Å²) in [6, 6.07) is 5.92. The quantitative estimate of drug-likeness (QED) is 0.903. The topological polar surface area (TPSA) is 59.8 Å². The zero-order chi connectivity index (χ0) is 13.8. The number of nitrogens with zero attached hydrogens (tertiary/aromatic N) is 3. The third kappa shape index (κ3) is 3.64. The molecule has 2 rings (SSSR count). The molecule has 5 nitrogen and oxygen atoms in total. The molecule has 0 saturated carbocycles. The summed E-state index contributed by atoms with van der Waals surface area (Å²) in [4.78, 5) is 20.4. The molecule has 0 fully saturated rings. The van der Waals surface area contributed by atoms with Crippen LogP contribution in [0.15, 0.2) is 30.7 Å². The number of hydrogen-bond acceptors (Lipinski definition) is 3. The van der Waals surface area contributed by atoms with Gasteiger partial charge in [0.2, 0.25) is 0 Å². The normalized spacial score (nSPS) is 12.2. The van der Waals surface area contributed by atoms with Crippen molar-refractivity contribution in [2.75, 3.05) is 0 Å². The van der Waals surface area contributed by atoms with Gasteiger partial charge in [0, 0.05) is 37.1 Å². The summed E-state index contributed by atoms with van der Waals surface area (Å²) in [6.07, 6.45) is 4.02. The van der Waals surface area contributed by atoms with E-state index in [1.807, 2.05) is 39.1 Å². The number of pyridine rings is 1. The van der Waals surface area contributed by atoms with Crippen molar-refractivity contribution in [3.63, 3.8) is 0 Å². The Morgan fingerprint density at radius 2 is 2.26 bits per heavy atom. The van der Waals surface area contributed by atoms with Gasteiger partial charge in [-0.1, -0.05) is 6.07 Å². The highest BCUT2D eigenvalue weighted by atomic mass is 16.1. The van der Waals surface area contributed by atoms with E-state index in [0.717, 1.165) is 11.4 Å². The minimum Gasteiger partial charge on any atom is -0.348 e. The van der Waals surface area contributed by atoms with Crippen molar-refractivity contribution >= 4 is 5.91 Å². The smallest absolute Gasteiger partial charge is 0.271 e. The molecular formula is C14H18N4O. The third-order valence-electron chi connectivity index (χ3n) is 2.78. The van der Waals surface area contributed by atoms with Crippen molar-refractivity contribution in [3.8, 4) is 0 Å². The lowest BCUT2D eigenvalue weighted by molar-refractivity contribution is 0.0935. The lowest BCUT2D eigenvalue weighted by atomic mass is 10.1. The molecule has 1 N–H and O–H groups in total. The minimum absolute atomic E-state index is 0.0174. The van der Waals surface area contributed by atoms with Crippen LogP contribution in [-0.4, -0.2) is 26.5 Å². The van der Waals surface area contributed by atoms with E-state index in [1.54, 1.807) is 17.1 Å². The highest BCUT2D eigenvalue weighted by molar-refractivity contribution is 5.92. The fraction of sp³-hybridized carbons (Fsp3) is 0.357. The largest absolute Gasteiger partial charge is 0.348 e. The first kappa shape index (κ1) is 13.3. The number of amides is 1. The van der Waals surface area contributed by atoms with Crippen molar-refractivity contribution in [1.29, 1.82) is 0 Å². The molecule has 0 aliphatic heterocycles. The Balaban J connectivity index is 1.94. The number of carbonyl (C=O) groups excluding carboxylic acids is 1. The Hall–Kier alpha value is -2.17. The molecular weight excluding hydrogens is 240 g/mol. The van der Waals surface area contributed by atoms with Crippen molar-refractivity contribution in [1.82, 2.24) is 19.9 Å². The maximum Gasteiger partial charge on any atom is 0.271 e. The molecule has 0 spiro atoms. The second-order valence-corrected chi connectivity index (χ2v) is 4.77. The molecule has 1 atom stereocenters. The standard InChI is InChI=1S/C14H18N4O/c1-10-5-4-6-12(16-10)7-11(2)17-14(19)13-8-18(3)9-15-13/h4-6,8-9,11H,7H2,1-3H3,(H,17,19)/t11-/m0/s1. The first-order valence-corrected chi connectivity index (χ1v) is 6.26. The van der Waals surface area contributed by atoms with Crippen LogP contribution in [-0.2, 0) is 13.5 Å². The van der Waals surface area contributed by atoms with Gasteiger partial charge in [0.25, 0.3) is 5.91 Å². The summed E-state index contributed by atoms with van der Waals surface area (Å²) < 4.78 is 1.75. The van der Waals surface area contributed by atoms with Gasteiger partial charge in [0.15, 0.2) is 0 Å². The summed E-state index contributed by atoms with van der Waals surface area (Å²) in [7, 11) is 1.84. The molecule has 0 radical (unpaired) electrons. The number of imidazole rings is 1. The van der Waals surface area contributed by atoms with E-state index in [0.29, 0.717) is 12.1 Å². The van der Waals surface area contributed by atoms with Crippen LogP contribution in [0, 0.1) is 6.92 Å². The zero-order valence-electron chi connectivity index (χ0n) is 11.4. The van der Waals surface area contributed by atoms with Crippen LogP contribution in [0.1, 0.15) is 28.8 Å². The van der Waals surface area contributed by atoms with Crippen molar-refractivity contribution in [2.45, 2.75) is 26.3 Å². The fourth-order valence-electron chi connectivity index (χ4n) is 1.91. The Morgan fingerprint density at radius 3 is 2.89 bits per heavy atom. The molecule has 2 aromatic rings. The fourth-order valence-corrected chi connectivity index (χ4v) is 1.91. The molecule has 2 heterocycles. The van der Waals surface area contributed by atoms with Crippen LogP contribution in [0.4, 0.5) is 0 Å². The number of carbonyl (C=O) groups is 1.